The molecule has 0 aliphatic heterocycles. The Kier molecular flexibility index (Phi) is 4.02. The van der Waals surface area contributed by atoms with Crippen molar-refractivity contribution in [3.05, 3.63) is 38.3 Å². The molecule has 1 aromatic carbocycles. The van der Waals surface area contributed by atoms with Crippen molar-refractivity contribution in [2.75, 3.05) is 0 Å². The number of nitrogens with zero attached hydrogens (tertiary/aromatic N) is 1. The molecular weight excluding hydrogens is 296 g/mol. The van der Waals surface area contributed by atoms with Crippen LogP contribution >= 0.6 is 15.9 Å². The van der Waals surface area contributed by atoms with E-state index >= 15 is 0 Å². The highest BCUT2D eigenvalue weighted by Gasteiger charge is 2.34. The maximum atomic E-state index is 11.0. The zero-order valence-corrected chi connectivity index (χ0v) is 12.0. The van der Waals surface area contributed by atoms with Crippen LogP contribution in [0, 0.1) is 10.1 Å². The first-order chi connectivity index (χ1) is 8.56. The molecule has 5 heteroatoms. The molecule has 1 aromatic rings. The highest BCUT2D eigenvalue weighted by molar-refractivity contribution is 9.10. The lowest BCUT2D eigenvalue weighted by Gasteiger charge is -2.42. The van der Waals surface area contributed by atoms with Gasteiger partial charge in [0, 0.05) is 28.2 Å². The average Bonchev–Trinajstić information content (AvgIpc) is 2.29. The summed E-state index contributed by atoms with van der Waals surface area (Å²) < 4.78 is 0.742. The topological polar surface area (TPSA) is 55.2 Å². The summed E-state index contributed by atoms with van der Waals surface area (Å²) in [5, 5.41) is 14.5. The van der Waals surface area contributed by atoms with E-state index in [1.165, 1.54) is 19.3 Å². The lowest BCUT2D eigenvalue weighted by atomic mass is 9.75. The fourth-order valence-corrected chi connectivity index (χ4v) is 2.75. The van der Waals surface area contributed by atoms with Crippen LogP contribution in [0.2, 0.25) is 0 Å². The Morgan fingerprint density at radius 1 is 1.50 bits per heavy atom. The first-order valence-corrected chi connectivity index (χ1v) is 7.03. The SMILES string of the molecule is CCC1(NCc2ccc(Br)cc2[N+](=O)[O-])CCC1. The summed E-state index contributed by atoms with van der Waals surface area (Å²) in [4.78, 5) is 10.7. The van der Waals surface area contributed by atoms with Crippen LogP contribution in [0.25, 0.3) is 0 Å². The summed E-state index contributed by atoms with van der Waals surface area (Å²) in [6.07, 6.45) is 4.68. The van der Waals surface area contributed by atoms with Gasteiger partial charge in [-0.3, -0.25) is 10.1 Å². The molecule has 1 aliphatic carbocycles. The number of rotatable bonds is 5. The molecule has 0 aromatic heterocycles. The molecule has 1 N–H and O–H groups in total. The Bertz CT molecular complexity index is 453. The van der Waals surface area contributed by atoms with Gasteiger partial charge in [0.1, 0.15) is 0 Å². The highest BCUT2D eigenvalue weighted by Crippen LogP contribution is 2.35. The van der Waals surface area contributed by atoms with E-state index in [9.17, 15) is 10.1 Å². The van der Waals surface area contributed by atoms with Gasteiger partial charge in [-0.25, -0.2) is 0 Å². The summed E-state index contributed by atoms with van der Waals surface area (Å²) in [7, 11) is 0. The van der Waals surface area contributed by atoms with Crippen LogP contribution in [0.4, 0.5) is 5.69 Å². The molecule has 0 amide bonds. The lowest BCUT2D eigenvalue weighted by molar-refractivity contribution is -0.385. The monoisotopic (exact) mass is 312 g/mol. The second kappa shape index (κ2) is 5.36. The summed E-state index contributed by atoms with van der Waals surface area (Å²) in [6, 6.07) is 5.23. The minimum atomic E-state index is -0.318. The predicted octanol–water partition coefficient (Wildman–Crippen LogP) is 3.78. The van der Waals surface area contributed by atoms with Gasteiger partial charge in [0.25, 0.3) is 5.69 Å². The molecule has 1 saturated carbocycles. The van der Waals surface area contributed by atoms with E-state index < -0.39 is 0 Å². The predicted molar refractivity (Wildman–Crippen MR) is 74.5 cm³/mol. The summed E-state index contributed by atoms with van der Waals surface area (Å²) in [5.41, 5.74) is 1.14. The Morgan fingerprint density at radius 3 is 2.72 bits per heavy atom. The van der Waals surface area contributed by atoms with E-state index in [0.717, 1.165) is 16.5 Å². The Hall–Kier alpha value is -0.940. The van der Waals surface area contributed by atoms with Crippen LogP contribution in [0.3, 0.4) is 0 Å². The van der Waals surface area contributed by atoms with Crippen molar-refractivity contribution in [3.63, 3.8) is 0 Å². The van der Waals surface area contributed by atoms with Crippen molar-refractivity contribution < 1.29 is 4.92 Å². The maximum Gasteiger partial charge on any atom is 0.275 e. The smallest absolute Gasteiger partial charge is 0.275 e. The molecule has 1 fully saturated rings. The van der Waals surface area contributed by atoms with Crippen LogP contribution in [0.1, 0.15) is 38.2 Å². The third kappa shape index (κ3) is 2.72. The second-order valence-corrected chi connectivity index (χ2v) is 5.79. The summed E-state index contributed by atoms with van der Waals surface area (Å²) in [6.45, 7) is 2.74. The molecule has 4 nitrogen and oxygen atoms in total. The Morgan fingerprint density at radius 2 is 2.22 bits per heavy atom. The van der Waals surface area contributed by atoms with Gasteiger partial charge in [0.2, 0.25) is 0 Å². The van der Waals surface area contributed by atoms with Crippen molar-refractivity contribution in [1.82, 2.24) is 5.32 Å². The first kappa shape index (κ1) is 13.5. The van der Waals surface area contributed by atoms with Crippen molar-refractivity contribution >= 4 is 21.6 Å². The van der Waals surface area contributed by atoms with Crippen LogP contribution < -0.4 is 5.32 Å². The molecular formula is C13H17BrN2O2. The van der Waals surface area contributed by atoms with Crippen molar-refractivity contribution in [1.29, 1.82) is 0 Å². The number of hydrogen-bond acceptors (Lipinski definition) is 3. The average molecular weight is 313 g/mol. The summed E-state index contributed by atoms with van der Waals surface area (Å²) in [5.74, 6) is 0. The second-order valence-electron chi connectivity index (χ2n) is 4.87. The summed E-state index contributed by atoms with van der Waals surface area (Å²) >= 11 is 3.27. The maximum absolute atomic E-state index is 11.0. The highest BCUT2D eigenvalue weighted by atomic mass is 79.9. The zero-order valence-electron chi connectivity index (χ0n) is 10.4. The van der Waals surface area contributed by atoms with Gasteiger partial charge in [-0.15, -0.1) is 0 Å². The third-order valence-corrected chi connectivity index (χ3v) is 4.38. The van der Waals surface area contributed by atoms with E-state index in [1.807, 2.05) is 12.1 Å². The normalized spacial score (nSPS) is 17.2. The number of halogens is 1. The Balaban J connectivity index is 2.11. The van der Waals surface area contributed by atoms with Gasteiger partial charge in [-0.05, 0) is 37.8 Å². The lowest BCUT2D eigenvalue weighted by Crippen LogP contribution is -2.49. The van der Waals surface area contributed by atoms with Crippen LogP contribution in [-0.4, -0.2) is 10.5 Å². The number of nitro benzene ring substituents is 1. The van der Waals surface area contributed by atoms with E-state index in [-0.39, 0.29) is 16.1 Å². The zero-order chi connectivity index (χ0) is 13.2. The van der Waals surface area contributed by atoms with Gasteiger partial charge < -0.3 is 5.32 Å². The van der Waals surface area contributed by atoms with Crippen molar-refractivity contribution in [2.24, 2.45) is 0 Å². The van der Waals surface area contributed by atoms with Gasteiger partial charge in [0.15, 0.2) is 0 Å². The van der Waals surface area contributed by atoms with Crippen molar-refractivity contribution in [2.45, 2.75) is 44.7 Å². The fraction of sp³-hybridized carbons (Fsp3) is 0.538. The third-order valence-electron chi connectivity index (χ3n) is 3.89. The van der Waals surface area contributed by atoms with Gasteiger partial charge in [-0.2, -0.15) is 0 Å². The molecule has 0 bridgehead atoms. The van der Waals surface area contributed by atoms with Crippen LogP contribution in [0.5, 0.6) is 0 Å². The minimum Gasteiger partial charge on any atom is -0.307 e. The van der Waals surface area contributed by atoms with Crippen molar-refractivity contribution in [3.8, 4) is 0 Å². The molecule has 2 rings (SSSR count). The van der Waals surface area contributed by atoms with Gasteiger partial charge in [0.05, 0.1) is 4.92 Å². The molecule has 0 atom stereocenters. The van der Waals surface area contributed by atoms with E-state index in [2.05, 4.69) is 28.2 Å². The molecule has 18 heavy (non-hydrogen) atoms. The van der Waals surface area contributed by atoms with E-state index in [4.69, 9.17) is 0 Å². The minimum absolute atomic E-state index is 0.183. The molecule has 0 saturated heterocycles. The molecule has 0 spiro atoms. The van der Waals surface area contributed by atoms with Crippen LogP contribution in [-0.2, 0) is 6.54 Å². The molecule has 0 radical (unpaired) electrons. The quantitative estimate of drug-likeness (QED) is 0.665. The number of nitro groups is 1. The van der Waals surface area contributed by atoms with E-state index in [1.54, 1.807) is 6.07 Å². The molecule has 98 valence electrons. The Labute approximate surface area is 115 Å². The fourth-order valence-electron chi connectivity index (χ4n) is 2.40. The first-order valence-electron chi connectivity index (χ1n) is 6.24. The standard InChI is InChI=1S/C13H17BrN2O2/c1-2-13(6-3-7-13)15-9-10-4-5-11(14)8-12(10)16(17)18/h4-5,8,15H,2-3,6-7,9H2,1H3. The molecule has 0 unspecified atom stereocenters. The number of hydrogen-bond donors (Lipinski definition) is 1. The van der Waals surface area contributed by atoms with Gasteiger partial charge in [-0.1, -0.05) is 22.9 Å². The van der Waals surface area contributed by atoms with E-state index in [0.29, 0.717) is 6.54 Å². The number of benzene rings is 1. The van der Waals surface area contributed by atoms with Crippen LogP contribution in [0.15, 0.2) is 22.7 Å². The van der Waals surface area contributed by atoms with Gasteiger partial charge >= 0.3 is 0 Å². The largest absolute Gasteiger partial charge is 0.307 e. The molecule has 0 heterocycles. The molecule has 1 aliphatic rings. The number of nitrogens with one attached hydrogen (secondary N) is 1.